The standard InChI is InChI=1S/C13H8Cl3F3N4O3S/c14-7-3-1-2-4-9(7)27(25,26)23-12(24)22-21-11-8(15)5-6(10(16)20-11)13(17,18)19/h1-5H,(H,20,21)(H2,22,23,24). The zero-order chi connectivity index (χ0) is 20.4. The number of hydrogen-bond acceptors (Lipinski definition) is 5. The van der Waals surface area contributed by atoms with Gasteiger partial charge in [0.25, 0.3) is 10.0 Å². The third kappa shape index (κ3) is 5.28. The summed E-state index contributed by atoms with van der Waals surface area (Å²) in [6.45, 7) is 0. The van der Waals surface area contributed by atoms with Gasteiger partial charge in [0.05, 0.1) is 15.6 Å². The van der Waals surface area contributed by atoms with Crippen molar-refractivity contribution in [3.8, 4) is 0 Å². The first-order chi connectivity index (χ1) is 12.4. The van der Waals surface area contributed by atoms with Crippen LogP contribution in [0.3, 0.4) is 0 Å². The van der Waals surface area contributed by atoms with Gasteiger partial charge >= 0.3 is 12.2 Å². The van der Waals surface area contributed by atoms with Gasteiger partial charge in [0.2, 0.25) is 0 Å². The van der Waals surface area contributed by atoms with Gasteiger partial charge in [0.1, 0.15) is 10.0 Å². The van der Waals surface area contributed by atoms with Crippen molar-refractivity contribution in [1.82, 2.24) is 15.1 Å². The molecule has 0 fully saturated rings. The highest BCUT2D eigenvalue weighted by atomic mass is 35.5. The first-order valence-corrected chi connectivity index (χ1v) is 9.30. The fourth-order valence-electron chi connectivity index (χ4n) is 1.73. The molecule has 2 rings (SSSR count). The number of amides is 2. The summed E-state index contributed by atoms with van der Waals surface area (Å²) in [4.78, 5) is 14.8. The molecule has 0 bridgehead atoms. The van der Waals surface area contributed by atoms with Crippen LogP contribution in [0.4, 0.5) is 23.8 Å². The van der Waals surface area contributed by atoms with Crippen LogP contribution in [0.25, 0.3) is 0 Å². The van der Waals surface area contributed by atoms with Crippen molar-refractivity contribution in [3.63, 3.8) is 0 Å². The SMILES string of the molecule is O=C(NNc1nc(Cl)c(C(F)(F)F)cc1Cl)NS(=O)(=O)c1ccccc1Cl. The summed E-state index contributed by atoms with van der Waals surface area (Å²) in [7, 11) is -4.30. The van der Waals surface area contributed by atoms with Gasteiger partial charge < -0.3 is 0 Å². The lowest BCUT2D eigenvalue weighted by atomic mass is 10.3. The van der Waals surface area contributed by atoms with E-state index < -0.39 is 43.8 Å². The molecular formula is C13H8Cl3F3N4O3S. The van der Waals surface area contributed by atoms with E-state index in [1.165, 1.54) is 24.3 Å². The Hall–Kier alpha value is -1.95. The summed E-state index contributed by atoms with van der Waals surface area (Å²) in [6.07, 6.45) is -4.78. The molecule has 0 aliphatic heterocycles. The van der Waals surface area contributed by atoms with Gasteiger partial charge in [0, 0.05) is 0 Å². The van der Waals surface area contributed by atoms with Crippen molar-refractivity contribution in [1.29, 1.82) is 0 Å². The highest BCUT2D eigenvalue weighted by molar-refractivity contribution is 7.90. The van der Waals surface area contributed by atoms with Crippen LogP contribution in [-0.4, -0.2) is 19.4 Å². The van der Waals surface area contributed by atoms with E-state index in [9.17, 15) is 26.4 Å². The molecule has 0 spiro atoms. The van der Waals surface area contributed by atoms with Crippen molar-refractivity contribution >= 4 is 56.7 Å². The second kappa shape index (κ2) is 7.97. The summed E-state index contributed by atoms with van der Waals surface area (Å²) in [5.74, 6) is -0.431. The minimum Gasteiger partial charge on any atom is -0.279 e. The van der Waals surface area contributed by atoms with Crippen LogP contribution >= 0.6 is 34.8 Å². The Kier molecular flexibility index (Phi) is 6.30. The van der Waals surface area contributed by atoms with Crippen LogP contribution in [-0.2, 0) is 16.2 Å². The van der Waals surface area contributed by atoms with Crippen LogP contribution in [0.15, 0.2) is 35.2 Å². The van der Waals surface area contributed by atoms with E-state index in [4.69, 9.17) is 34.8 Å². The monoisotopic (exact) mass is 462 g/mol. The maximum atomic E-state index is 12.7. The molecule has 0 saturated carbocycles. The van der Waals surface area contributed by atoms with Crippen LogP contribution in [0.2, 0.25) is 15.2 Å². The molecule has 2 aromatic rings. The highest BCUT2D eigenvalue weighted by Gasteiger charge is 2.35. The van der Waals surface area contributed by atoms with Crippen molar-refractivity contribution in [2.24, 2.45) is 0 Å². The number of anilines is 1. The number of alkyl halides is 3. The number of carbonyl (C=O) groups excluding carboxylic acids is 1. The first kappa shape index (κ1) is 21.4. The molecule has 0 radical (unpaired) electrons. The fourth-order valence-corrected chi connectivity index (χ4v) is 3.61. The van der Waals surface area contributed by atoms with Gasteiger partial charge in [-0.2, -0.15) is 13.2 Å². The van der Waals surface area contributed by atoms with E-state index in [1.807, 2.05) is 5.43 Å². The van der Waals surface area contributed by atoms with Crippen molar-refractivity contribution in [2.75, 3.05) is 5.43 Å². The smallest absolute Gasteiger partial charge is 0.279 e. The second-order valence-corrected chi connectivity index (χ2v) is 7.59. The largest absolute Gasteiger partial charge is 0.419 e. The number of benzene rings is 1. The maximum Gasteiger partial charge on any atom is 0.419 e. The number of hydrogen-bond donors (Lipinski definition) is 3. The molecule has 0 unspecified atom stereocenters. The lowest BCUT2D eigenvalue weighted by molar-refractivity contribution is -0.137. The van der Waals surface area contributed by atoms with E-state index in [-0.39, 0.29) is 9.92 Å². The summed E-state index contributed by atoms with van der Waals surface area (Å²) < 4.78 is 63.9. The lowest BCUT2D eigenvalue weighted by Crippen LogP contribution is -2.42. The Morgan fingerprint density at radius 2 is 1.70 bits per heavy atom. The number of pyridine rings is 1. The zero-order valence-corrected chi connectivity index (χ0v) is 15.8. The molecule has 14 heteroatoms. The minimum atomic E-state index is -4.78. The Bertz CT molecular complexity index is 987. The van der Waals surface area contributed by atoms with Crippen molar-refractivity contribution in [3.05, 3.63) is 51.1 Å². The van der Waals surface area contributed by atoms with E-state index in [0.717, 1.165) is 0 Å². The Labute approximate surface area is 165 Å². The van der Waals surface area contributed by atoms with Gasteiger partial charge in [-0.3, -0.25) is 5.43 Å². The highest BCUT2D eigenvalue weighted by Crippen LogP contribution is 2.37. The number of nitrogens with one attached hydrogen (secondary N) is 3. The third-order valence-electron chi connectivity index (χ3n) is 2.88. The number of carbonyl (C=O) groups is 1. The maximum absolute atomic E-state index is 12.7. The number of sulfonamides is 1. The minimum absolute atomic E-state index is 0.120. The van der Waals surface area contributed by atoms with Crippen molar-refractivity contribution in [2.45, 2.75) is 11.1 Å². The fraction of sp³-hybridized carbons (Fsp3) is 0.0769. The molecule has 7 nitrogen and oxygen atoms in total. The Balaban J connectivity index is 2.10. The number of halogens is 6. The normalized spacial score (nSPS) is 11.8. The molecule has 1 heterocycles. The predicted molar refractivity (Wildman–Crippen MR) is 93.2 cm³/mol. The number of nitrogens with zero attached hydrogens (tertiary/aromatic N) is 1. The summed E-state index contributed by atoms with van der Waals surface area (Å²) >= 11 is 16.8. The Morgan fingerprint density at radius 1 is 1.07 bits per heavy atom. The van der Waals surface area contributed by atoms with E-state index >= 15 is 0 Å². The van der Waals surface area contributed by atoms with Gasteiger partial charge in [-0.05, 0) is 18.2 Å². The van der Waals surface area contributed by atoms with Crippen LogP contribution in [0.5, 0.6) is 0 Å². The molecule has 1 aromatic heterocycles. The lowest BCUT2D eigenvalue weighted by Gasteiger charge is -2.14. The molecular weight excluding hydrogens is 456 g/mol. The molecule has 3 N–H and O–H groups in total. The molecule has 146 valence electrons. The summed E-state index contributed by atoms with van der Waals surface area (Å²) in [6, 6.07) is 4.58. The van der Waals surface area contributed by atoms with Gasteiger partial charge in [-0.25, -0.2) is 28.3 Å². The molecule has 1 aromatic carbocycles. The molecule has 27 heavy (non-hydrogen) atoms. The van der Waals surface area contributed by atoms with Gasteiger partial charge in [-0.15, -0.1) is 0 Å². The van der Waals surface area contributed by atoms with Crippen LogP contribution in [0.1, 0.15) is 5.56 Å². The average Bonchev–Trinajstić information content (AvgIpc) is 2.54. The molecule has 0 aliphatic carbocycles. The van der Waals surface area contributed by atoms with E-state index in [0.29, 0.717) is 6.07 Å². The number of urea groups is 1. The summed E-state index contributed by atoms with van der Waals surface area (Å²) in [5, 5.41) is -1.55. The second-order valence-electron chi connectivity index (χ2n) is 4.77. The topological polar surface area (TPSA) is 100 Å². The molecule has 0 saturated heterocycles. The molecule has 0 aliphatic rings. The van der Waals surface area contributed by atoms with Crippen molar-refractivity contribution < 1.29 is 26.4 Å². The van der Waals surface area contributed by atoms with Gasteiger partial charge in [0.15, 0.2) is 5.82 Å². The van der Waals surface area contributed by atoms with E-state index in [1.54, 1.807) is 4.72 Å². The Morgan fingerprint density at radius 3 is 2.30 bits per heavy atom. The number of rotatable bonds is 4. The third-order valence-corrected chi connectivity index (χ3v) is 5.29. The summed E-state index contributed by atoms with van der Waals surface area (Å²) in [5.41, 5.74) is 2.66. The zero-order valence-electron chi connectivity index (χ0n) is 12.7. The van der Waals surface area contributed by atoms with Crippen LogP contribution in [0, 0.1) is 0 Å². The van der Waals surface area contributed by atoms with Gasteiger partial charge in [-0.1, -0.05) is 46.9 Å². The quantitative estimate of drug-likeness (QED) is 0.469. The predicted octanol–water partition coefficient (Wildman–Crippen LogP) is 4.08. The number of aromatic nitrogens is 1. The van der Waals surface area contributed by atoms with Crippen LogP contribution < -0.4 is 15.6 Å². The van der Waals surface area contributed by atoms with E-state index in [2.05, 4.69) is 10.4 Å². The average molecular weight is 464 g/mol. The molecule has 0 atom stereocenters. The first-order valence-electron chi connectivity index (χ1n) is 6.68. The number of hydrazine groups is 1. The molecule has 2 amide bonds.